The molecule has 196 valence electrons. The van der Waals surface area contributed by atoms with E-state index in [9.17, 15) is 20.2 Å². The second-order valence-electron chi connectivity index (χ2n) is 7.71. The largest absolute Gasteiger partial charge is 0.399 e. The van der Waals surface area contributed by atoms with Crippen molar-refractivity contribution in [2.75, 3.05) is 11.1 Å². The predicted octanol–water partition coefficient (Wildman–Crippen LogP) is 8.07. The number of nitro benzene ring substituents is 2. The van der Waals surface area contributed by atoms with E-state index in [1.165, 1.54) is 40.9 Å². The SMILES string of the molecule is Nc1ccccc1.O=[N+]([O-])c1ccc2nc(Cl)sc2c1.O=[N+]([O-])c1ccc2nc(Nc3ccccc3)sc2c1. The van der Waals surface area contributed by atoms with Gasteiger partial charge in [0.2, 0.25) is 0 Å². The molecule has 0 unspecified atom stereocenters. The number of thiazole rings is 2. The molecule has 0 aliphatic heterocycles. The number of rotatable bonds is 4. The number of para-hydroxylation sites is 2. The number of nitrogens with two attached hydrogens (primary N) is 1. The van der Waals surface area contributed by atoms with E-state index in [0.717, 1.165) is 31.4 Å². The van der Waals surface area contributed by atoms with Crippen LogP contribution in [-0.4, -0.2) is 19.8 Å². The minimum atomic E-state index is -0.437. The molecule has 6 aromatic rings. The van der Waals surface area contributed by atoms with Gasteiger partial charge < -0.3 is 11.1 Å². The lowest BCUT2D eigenvalue weighted by Gasteiger charge is -1.99. The van der Waals surface area contributed by atoms with Crippen LogP contribution in [0.2, 0.25) is 4.47 Å². The van der Waals surface area contributed by atoms with Gasteiger partial charge in [-0.1, -0.05) is 59.3 Å². The van der Waals surface area contributed by atoms with Crippen LogP contribution in [0.3, 0.4) is 0 Å². The summed E-state index contributed by atoms with van der Waals surface area (Å²) in [6, 6.07) is 28.3. The van der Waals surface area contributed by atoms with E-state index in [1.54, 1.807) is 18.2 Å². The molecule has 0 radical (unpaired) electrons. The second kappa shape index (κ2) is 12.7. The van der Waals surface area contributed by atoms with Crippen molar-refractivity contribution in [1.82, 2.24) is 9.97 Å². The molecule has 4 aromatic carbocycles. The first-order chi connectivity index (χ1) is 18.8. The topological polar surface area (TPSA) is 150 Å². The van der Waals surface area contributed by atoms with Gasteiger partial charge in [0.05, 0.1) is 30.3 Å². The highest BCUT2D eigenvalue weighted by Gasteiger charge is 2.10. The highest BCUT2D eigenvalue weighted by atomic mass is 35.5. The van der Waals surface area contributed by atoms with Gasteiger partial charge in [0.1, 0.15) is 0 Å². The maximum absolute atomic E-state index is 10.7. The number of halogens is 1. The number of nitrogens with zero attached hydrogens (tertiary/aromatic N) is 4. The molecule has 0 atom stereocenters. The molecule has 6 rings (SSSR count). The molecule has 0 fully saturated rings. The molecule has 39 heavy (non-hydrogen) atoms. The van der Waals surface area contributed by atoms with E-state index in [4.69, 9.17) is 17.3 Å². The van der Waals surface area contributed by atoms with Gasteiger partial charge in [0.15, 0.2) is 9.60 Å². The summed E-state index contributed by atoms with van der Waals surface area (Å²) in [6.07, 6.45) is 0. The Balaban J connectivity index is 0.000000152. The molecule has 3 N–H and O–H groups in total. The summed E-state index contributed by atoms with van der Waals surface area (Å²) in [5.41, 5.74) is 8.72. The van der Waals surface area contributed by atoms with Crippen molar-refractivity contribution >= 4 is 82.6 Å². The van der Waals surface area contributed by atoms with Crippen LogP contribution in [0, 0.1) is 20.2 Å². The van der Waals surface area contributed by atoms with Gasteiger partial charge in [0, 0.05) is 35.6 Å². The van der Waals surface area contributed by atoms with Crippen LogP contribution in [0.25, 0.3) is 20.4 Å². The normalized spacial score (nSPS) is 10.2. The molecule has 0 bridgehead atoms. The lowest BCUT2D eigenvalue weighted by atomic mass is 10.3. The predicted molar refractivity (Wildman–Crippen MR) is 158 cm³/mol. The number of nitrogen functional groups attached to an aromatic ring is 1. The fourth-order valence-corrected chi connectivity index (χ4v) is 5.16. The van der Waals surface area contributed by atoms with Gasteiger partial charge >= 0.3 is 0 Å². The summed E-state index contributed by atoms with van der Waals surface area (Å²) in [7, 11) is 0. The summed E-state index contributed by atoms with van der Waals surface area (Å²) >= 11 is 8.28. The minimum Gasteiger partial charge on any atom is -0.399 e. The third-order valence-corrected chi connectivity index (χ3v) is 7.02. The third kappa shape index (κ3) is 7.68. The Morgan fingerprint density at radius 3 is 1.74 bits per heavy atom. The van der Waals surface area contributed by atoms with Gasteiger partial charge in [-0.25, -0.2) is 9.97 Å². The summed E-state index contributed by atoms with van der Waals surface area (Å²) in [5.74, 6) is 0. The average Bonchev–Trinajstić information content (AvgIpc) is 3.51. The van der Waals surface area contributed by atoms with Gasteiger partial charge in [-0.3, -0.25) is 20.2 Å². The molecule has 0 saturated carbocycles. The average molecular weight is 579 g/mol. The number of nitrogens with one attached hydrogen (secondary N) is 1. The van der Waals surface area contributed by atoms with Gasteiger partial charge in [-0.2, -0.15) is 0 Å². The molecule has 0 saturated heterocycles. The second-order valence-corrected chi connectivity index (χ2v) is 10.3. The number of anilines is 3. The molecular formula is C26H19ClN6O4S2. The molecule has 2 heterocycles. The van der Waals surface area contributed by atoms with Crippen LogP contribution in [0.5, 0.6) is 0 Å². The van der Waals surface area contributed by atoms with E-state index < -0.39 is 9.85 Å². The molecule has 0 amide bonds. The standard InChI is InChI=1S/C13H9N3O2S.C7H3ClN2O2S.C6H7N/c17-16(18)10-6-7-11-12(8-10)19-13(15-11)14-9-4-2-1-3-5-9;8-7-9-5-2-1-4(10(11)12)3-6(5)13-7;7-6-4-2-1-3-5-6/h1-8H,(H,14,15);1-3H;1-5H,7H2. The van der Waals surface area contributed by atoms with Crippen LogP contribution < -0.4 is 11.1 Å². The van der Waals surface area contributed by atoms with Gasteiger partial charge in [-0.15, -0.1) is 11.3 Å². The monoisotopic (exact) mass is 578 g/mol. The Bertz CT molecular complexity index is 1730. The molecule has 0 aliphatic carbocycles. The van der Waals surface area contributed by atoms with Crippen LogP contribution in [0.15, 0.2) is 97.1 Å². The number of hydrogen-bond donors (Lipinski definition) is 2. The van der Waals surface area contributed by atoms with Crippen LogP contribution >= 0.6 is 34.3 Å². The maximum atomic E-state index is 10.7. The van der Waals surface area contributed by atoms with Crippen LogP contribution in [-0.2, 0) is 0 Å². The van der Waals surface area contributed by atoms with Crippen molar-refractivity contribution in [2.45, 2.75) is 0 Å². The summed E-state index contributed by atoms with van der Waals surface area (Å²) in [6.45, 7) is 0. The third-order valence-electron chi connectivity index (χ3n) is 4.96. The first-order valence-corrected chi connectivity index (χ1v) is 13.2. The highest BCUT2D eigenvalue weighted by molar-refractivity contribution is 7.22. The number of fused-ring (bicyclic) bond motifs is 2. The summed E-state index contributed by atoms with van der Waals surface area (Å²) in [5, 5.41) is 25.0. The zero-order valence-corrected chi connectivity index (χ0v) is 22.3. The molecule has 0 spiro atoms. The molecule has 13 heteroatoms. The first kappa shape index (κ1) is 27.4. The maximum Gasteiger partial charge on any atom is 0.270 e. The summed E-state index contributed by atoms with van der Waals surface area (Å²) in [4.78, 5) is 28.7. The Kier molecular flexibility index (Phi) is 8.94. The quantitative estimate of drug-likeness (QED) is 0.121. The lowest BCUT2D eigenvalue weighted by molar-refractivity contribution is -0.384. The van der Waals surface area contributed by atoms with Crippen molar-refractivity contribution in [2.24, 2.45) is 0 Å². The van der Waals surface area contributed by atoms with Crippen molar-refractivity contribution in [3.05, 3.63) is 122 Å². The number of hydrogen-bond acceptors (Lipinski definition) is 10. The minimum absolute atomic E-state index is 0.0628. The number of nitro groups is 2. The lowest BCUT2D eigenvalue weighted by Crippen LogP contribution is -1.87. The van der Waals surface area contributed by atoms with Gasteiger partial charge in [-0.05, 0) is 36.4 Å². The molecule has 10 nitrogen and oxygen atoms in total. The van der Waals surface area contributed by atoms with E-state index in [0.29, 0.717) is 9.98 Å². The van der Waals surface area contributed by atoms with Crippen LogP contribution in [0.1, 0.15) is 0 Å². The smallest absolute Gasteiger partial charge is 0.270 e. The summed E-state index contributed by atoms with van der Waals surface area (Å²) < 4.78 is 1.93. The Labute approximate surface area is 234 Å². The van der Waals surface area contributed by atoms with Crippen molar-refractivity contribution < 1.29 is 9.85 Å². The number of benzene rings is 4. The van der Waals surface area contributed by atoms with Crippen molar-refractivity contribution in [3.63, 3.8) is 0 Å². The first-order valence-electron chi connectivity index (χ1n) is 11.2. The Morgan fingerprint density at radius 1 is 0.718 bits per heavy atom. The zero-order valence-electron chi connectivity index (χ0n) is 19.9. The molecule has 2 aromatic heterocycles. The Morgan fingerprint density at radius 2 is 1.23 bits per heavy atom. The fourth-order valence-electron chi connectivity index (χ4n) is 3.18. The van der Waals surface area contributed by atoms with E-state index in [1.807, 2.05) is 60.7 Å². The van der Waals surface area contributed by atoms with Crippen molar-refractivity contribution in [3.8, 4) is 0 Å². The molecular weight excluding hydrogens is 560 g/mol. The Hall–Kier alpha value is -4.65. The van der Waals surface area contributed by atoms with Gasteiger partial charge in [0.25, 0.3) is 11.4 Å². The van der Waals surface area contributed by atoms with Crippen LogP contribution in [0.4, 0.5) is 27.9 Å². The van der Waals surface area contributed by atoms with Crippen molar-refractivity contribution in [1.29, 1.82) is 0 Å². The van der Waals surface area contributed by atoms with E-state index in [2.05, 4.69) is 15.3 Å². The fraction of sp³-hybridized carbons (Fsp3) is 0. The zero-order chi connectivity index (χ0) is 27.8. The van der Waals surface area contributed by atoms with E-state index >= 15 is 0 Å². The highest BCUT2D eigenvalue weighted by Crippen LogP contribution is 2.31. The van der Waals surface area contributed by atoms with E-state index in [-0.39, 0.29) is 11.4 Å². The number of non-ortho nitro benzene ring substituents is 2. The molecule has 0 aliphatic rings. The number of aromatic nitrogens is 2.